The molecule has 118 valence electrons. The van der Waals surface area contributed by atoms with Gasteiger partial charge in [0.05, 0.1) is 6.61 Å². The summed E-state index contributed by atoms with van der Waals surface area (Å²) in [5.74, 6) is 1.37. The first-order valence-electron chi connectivity index (χ1n) is 7.92. The van der Waals surface area contributed by atoms with E-state index in [1.54, 1.807) is 6.08 Å². The van der Waals surface area contributed by atoms with Gasteiger partial charge in [-0.05, 0) is 67.7 Å². The first-order chi connectivity index (χ1) is 10.7. The van der Waals surface area contributed by atoms with Gasteiger partial charge >= 0.3 is 5.97 Å². The van der Waals surface area contributed by atoms with Crippen molar-refractivity contribution in [2.24, 2.45) is 11.8 Å². The van der Waals surface area contributed by atoms with Crippen molar-refractivity contribution >= 4 is 12.0 Å². The van der Waals surface area contributed by atoms with E-state index in [0.29, 0.717) is 5.92 Å². The molecule has 0 unspecified atom stereocenters. The van der Waals surface area contributed by atoms with Crippen LogP contribution in [-0.2, 0) is 4.79 Å². The lowest BCUT2D eigenvalue weighted by Crippen LogP contribution is -2.19. The van der Waals surface area contributed by atoms with E-state index < -0.39 is 5.97 Å². The molecule has 3 heteroatoms. The highest BCUT2D eigenvalue weighted by molar-refractivity contribution is 5.85. The Morgan fingerprint density at radius 2 is 1.82 bits per heavy atom. The average molecular weight is 300 g/mol. The lowest BCUT2D eigenvalue weighted by molar-refractivity contribution is -0.131. The maximum absolute atomic E-state index is 10.5. The molecule has 22 heavy (non-hydrogen) atoms. The molecular formula is C19H24O3. The number of hydrogen-bond donors (Lipinski definition) is 1. The van der Waals surface area contributed by atoms with Crippen molar-refractivity contribution < 1.29 is 14.6 Å². The van der Waals surface area contributed by atoms with Crippen LogP contribution >= 0.6 is 0 Å². The Kier molecular flexibility index (Phi) is 6.26. The van der Waals surface area contributed by atoms with Crippen molar-refractivity contribution in [3.05, 3.63) is 48.6 Å². The minimum Gasteiger partial charge on any atom is -0.493 e. The number of benzene rings is 1. The lowest BCUT2D eigenvalue weighted by Gasteiger charge is -2.27. The fraction of sp³-hybridized carbons (Fsp3) is 0.421. The second-order valence-electron chi connectivity index (χ2n) is 5.96. The van der Waals surface area contributed by atoms with Gasteiger partial charge in [0.2, 0.25) is 0 Å². The Morgan fingerprint density at radius 3 is 2.41 bits per heavy atom. The molecule has 0 bridgehead atoms. The lowest BCUT2D eigenvalue weighted by atomic mass is 9.81. The van der Waals surface area contributed by atoms with Crippen molar-refractivity contribution in [1.29, 1.82) is 0 Å². The van der Waals surface area contributed by atoms with E-state index in [1.807, 2.05) is 30.3 Å². The standard InChI is InChI=1S/C19H24O3/c1-2-3-15-4-6-17(7-5-15)14-22-18-11-8-16(9-12-18)10-13-19(20)21/h2,8-13,15,17H,1,3-7,14H2,(H,20,21). The molecule has 1 N–H and O–H groups in total. The van der Waals surface area contributed by atoms with Gasteiger partial charge in [0, 0.05) is 6.08 Å². The number of carboxylic acid groups (broad SMARTS) is 1. The van der Waals surface area contributed by atoms with E-state index in [2.05, 4.69) is 6.58 Å². The number of hydrogen-bond acceptors (Lipinski definition) is 2. The molecule has 1 aliphatic carbocycles. The molecule has 0 saturated heterocycles. The molecule has 2 rings (SSSR count). The summed E-state index contributed by atoms with van der Waals surface area (Å²) in [6, 6.07) is 7.53. The fourth-order valence-electron chi connectivity index (χ4n) is 2.93. The summed E-state index contributed by atoms with van der Waals surface area (Å²) in [7, 11) is 0. The first-order valence-corrected chi connectivity index (χ1v) is 7.92. The van der Waals surface area contributed by atoms with Crippen LogP contribution < -0.4 is 4.74 Å². The summed E-state index contributed by atoms with van der Waals surface area (Å²) in [6.07, 6.45) is 10.9. The van der Waals surface area contributed by atoms with Crippen LogP contribution in [0.1, 0.15) is 37.7 Å². The average Bonchev–Trinajstić information content (AvgIpc) is 2.53. The molecule has 1 fully saturated rings. The van der Waals surface area contributed by atoms with Crippen LogP contribution in [0.15, 0.2) is 43.0 Å². The summed E-state index contributed by atoms with van der Waals surface area (Å²) < 4.78 is 5.86. The molecule has 0 radical (unpaired) electrons. The van der Waals surface area contributed by atoms with Crippen LogP contribution in [0.5, 0.6) is 5.75 Å². The normalized spacial score (nSPS) is 21.6. The monoisotopic (exact) mass is 300 g/mol. The van der Waals surface area contributed by atoms with Crippen LogP contribution in [0.25, 0.3) is 6.08 Å². The minimum absolute atomic E-state index is 0.646. The van der Waals surface area contributed by atoms with Crippen LogP contribution in [0.3, 0.4) is 0 Å². The molecule has 1 aliphatic rings. The zero-order valence-electron chi connectivity index (χ0n) is 12.9. The SMILES string of the molecule is C=CCC1CCC(COc2ccc(C=CC(=O)O)cc2)CC1. The highest BCUT2D eigenvalue weighted by atomic mass is 16.5. The quantitative estimate of drug-likeness (QED) is 0.593. The highest BCUT2D eigenvalue weighted by Gasteiger charge is 2.20. The first kappa shape index (κ1) is 16.3. The number of carbonyl (C=O) groups is 1. The predicted molar refractivity (Wildman–Crippen MR) is 88.9 cm³/mol. The minimum atomic E-state index is -0.938. The van der Waals surface area contributed by atoms with Gasteiger partial charge < -0.3 is 9.84 Å². The number of ether oxygens (including phenoxy) is 1. The van der Waals surface area contributed by atoms with E-state index in [-0.39, 0.29) is 0 Å². The summed E-state index contributed by atoms with van der Waals surface area (Å²) in [5.41, 5.74) is 0.861. The number of rotatable bonds is 7. The fourth-order valence-corrected chi connectivity index (χ4v) is 2.93. The zero-order chi connectivity index (χ0) is 15.8. The molecule has 0 spiro atoms. The maximum atomic E-state index is 10.5. The summed E-state index contributed by atoms with van der Waals surface area (Å²) in [5, 5.41) is 8.59. The third-order valence-electron chi connectivity index (χ3n) is 4.25. The zero-order valence-corrected chi connectivity index (χ0v) is 12.9. The molecular weight excluding hydrogens is 276 g/mol. The summed E-state index contributed by atoms with van der Waals surface area (Å²) >= 11 is 0. The Bertz CT molecular complexity index is 508. The molecule has 0 atom stereocenters. The van der Waals surface area contributed by atoms with E-state index in [4.69, 9.17) is 9.84 Å². The van der Waals surface area contributed by atoms with Crippen molar-refractivity contribution in [2.45, 2.75) is 32.1 Å². The van der Waals surface area contributed by atoms with Gasteiger partial charge in [-0.15, -0.1) is 6.58 Å². The van der Waals surface area contributed by atoms with Crippen molar-refractivity contribution in [1.82, 2.24) is 0 Å². The number of carboxylic acids is 1. The Hall–Kier alpha value is -2.03. The van der Waals surface area contributed by atoms with Crippen LogP contribution in [0, 0.1) is 11.8 Å². The van der Waals surface area contributed by atoms with Gasteiger partial charge in [0.25, 0.3) is 0 Å². The second-order valence-corrected chi connectivity index (χ2v) is 5.96. The summed E-state index contributed by atoms with van der Waals surface area (Å²) in [6.45, 7) is 4.59. The van der Waals surface area contributed by atoms with Gasteiger partial charge in [0.15, 0.2) is 0 Å². The van der Waals surface area contributed by atoms with Crippen molar-refractivity contribution in [3.8, 4) is 5.75 Å². The van der Waals surface area contributed by atoms with Gasteiger partial charge in [-0.1, -0.05) is 18.2 Å². The number of allylic oxidation sites excluding steroid dienone is 1. The third-order valence-corrected chi connectivity index (χ3v) is 4.25. The largest absolute Gasteiger partial charge is 0.493 e. The molecule has 0 aliphatic heterocycles. The van der Waals surface area contributed by atoms with Gasteiger partial charge in [0.1, 0.15) is 5.75 Å². The van der Waals surface area contributed by atoms with E-state index in [9.17, 15) is 4.79 Å². The predicted octanol–water partition coefficient (Wildman–Crippen LogP) is 4.55. The van der Waals surface area contributed by atoms with Gasteiger partial charge in [-0.25, -0.2) is 4.79 Å². The van der Waals surface area contributed by atoms with Crippen molar-refractivity contribution in [2.75, 3.05) is 6.61 Å². The van der Waals surface area contributed by atoms with Gasteiger partial charge in [-0.2, -0.15) is 0 Å². The van der Waals surface area contributed by atoms with Crippen LogP contribution in [0.4, 0.5) is 0 Å². The molecule has 0 heterocycles. The van der Waals surface area contributed by atoms with Crippen molar-refractivity contribution in [3.63, 3.8) is 0 Å². The molecule has 1 aromatic carbocycles. The third kappa shape index (κ3) is 5.40. The van der Waals surface area contributed by atoms with Crippen LogP contribution in [0.2, 0.25) is 0 Å². The van der Waals surface area contributed by atoms with E-state index in [1.165, 1.54) is 25.7 Å². The topological polar surface area (TPSA) is 46.5 Å². The Labute approximate surface area is 132 Å². The highest BCUT2D eigenvalue weighted by Crippen LogP contribution is 2.31. The van der Waals surface area contributed by atoms with Gasteiger partial charge in [-0.3, -0.25) is 0 Å². The molecule has 1 saturated carbocycles. The van der Waals surface area contributed by atoms with E-state index >= 15 is 0 Å². The van der Waals surface area contributed by atoms with E-state index in [0.717, 1.165) is 36.3 Å². The Balaban J connectivity index is 1.75. The molecule has 0 amide bonds. The maximum Gasteiger partial charge on any atom is 0.328 e. The molecule has 1 aromatic rings. The smallest absolute Gasteiger partial charge is 0.328 e. The molecule has 3 nitrogen and oxygen atoms in total. The van der Waals surface area contributed by atoms with Crippen LogP contribution in [-0.4, -0.2) is 17.7 Å². The number of aliphatic carboxylic acids is 1. The summed E-state index contributed by atoms with van der Waals surface area (Å²) in [4.78, 5) is 10.5. The second kappa shape index (κ2) is 8.42. The molecule has 0 aromatic heterocycles. The Morgan fingerprint density at radius 1 is 1.18 bits per heavy atom.